The average Bonchev–Trinajstić information content (AvgIpc) is 2.28. The number of carboxylic acid groups (broad SMARTS) is 1. The molecule has 0 spiro atoms. The first kappa shape index (κ1) is 14.5. The lowest BCUT2D eigenvalue weighted by Crippen LogP contribution is -2.42. The lowest BCUT2D eigenvalue weighted by molar-refractivity contribution is -0.142. The smallest absolute Gasteiger partial charge is 0.320 e. The molecule has 0 amide bonds. The average molecular weight is 242 g/mol. The molecule has 0 radical (unpaired) electrons. The lowest BCUT2D eigenvalue weighted by Gasteiger charge is -2.34. The summed E-state index contributed by atoms with van der Waals surface area (Å²) in [7, 11) is 4.10. The summed E-state index contributed by atoms with van der Waals surface area (Å²) in [4.78, 5) is 15.4. The molecule has 1 heterocycles. The minimum absolute atomic E-state index is 0.330. The van der Waals surface area contributed by atoms with Crippen molar-refractivity contribution in [3.63, 3.8) is 0 Å². The molecule has 1 aliphatic rings. The van der Waals surface area contributed by atoms with E-state index in [4.69, 9.17) is 5.11 Å². The molecule has 100 valence electrons. The number of likely N-dealkylation sites (N-methyl/N-ethyl adjacent to an activating group) is 1. The molecule has 1 fully saturated rings. The Morgan fingerprint density at radius 3 is 2.76 bits per heavy atom. The minimum Gasteiger partial charge on any atom is -0.480 e. The number of piperidine rings is 1. The molecule has 1 rings (SSSR count). The van der Waals surface area contributed by atoms with Gasteiger partial charge in [0.15, 0.2) is 0 Å². The quantitative estimate of drug-likeness (QED) is 0.769. The fourth-order valence-corrected chi connectivity index (χ4v) is 2.69. The van der Waals surface area contributed by atoms with Crippen LogP contribution in [0.2, 0.25) is 0 Å². The summed E-state index contributed by atoms with van der Waals surface area (Å²) in [6.07, 6.45) is 5.63. The zero-order chi connectivity index (χ0) is 12.8. The third kappa shape index (κ3) is 4.28. The number of hydrogen-bond donors (Lipinski definition) is 1. The van der Waals surface area contributed by atoms with Crippen molar-refractivity contribution in [1.82, 2.24) is 9.80 Å². The van der Waals surface area contributed by atoms with Gasteiger partial charge >= 0.3 is 5.97 Å². The van der Waals surface area contributed by atoms with Crippen LogP contribution in [0.25, 0.3) is 0 Å². The van der Waals surface area contributed by atoms with E-state index in [1.807, 2.05) is 18.9 Å². The van der Waals surface area contributed by atoms with E-state index in [0.29, 0.717) is 12.5 Å². The summed E-state index contributed by atoms with van der Waals surface area (Å²) in [5.41, 5.74) is 0. The molecule has 0 aromatic carbocycles. The van der Waals surface area contributed by atoms with Gasteiger partial charge in [0.25, 0.3) is 0 Å². The Labute approximate surface area is 105 Å². The van der Waals surface area contributed by atoms with E-state index < -0.39 is 5.97 Å². The molecule has 4 heteroatoms. The van der Waals surface area contributed by atoms with Crippen molar-refractivity contribution >= 4 is 5.97 Å². The second-order valence-corrected chi connectivity index (χ2v) is 5.16. The maximum absolute atomic E-state index is 11.0. The van der Waals surface area contributed by atoms with E-state index in [1.54, 1.807) is 0 Å². The molecule has 0 bridgehead atoms. The maximum atomic E-state index is 11.0. The van der Waals surface area contributed by atoms with Crippen LogP contribution in [0.15, 0.2) is 0 Å². The highest BCUT2D eigenvalue weighted by Crippen LogP contribution is 2.18. The fourth-order valence-electron chi connectivity index (χ4n) is 2.69. The zero-order valence-electron chi connectivity index (χ0n) is 11.4. The van der Waals surface area contributed by atoms with Gasteiger partial charge < -0.3 is 10.0 Å². The van der Waals surface area contributed by atoms with E-state index >= 15 is 0 Å². The van der Waals surface area contributed by atoms with Crippen LogP contribution in [0.4, 0.5) is 0 Å². The third-order valence-corrected chi connectivity index (χ3v) is 3.94. The van der Waals surface area contributed by atoms with Gasteiger partial charge in [-0.05, 0) is 46.3 Å². The van der Waals surface area contributed by atoms with Gasteiger partial charge in [0.1, 0.15) is 6.04 Å². The standard InChI is InChI=1S/C13H26N2O2/c1-4-12(13(16)17)15(3)10-8-11-7-5-6-9-14(11)2/h11-12H,4-10H2,1-3H3,(H,16,17)/t11-,12+/m0/s1. The van der Waals surface area contributed by atoms with E-state index in [-0.39, 0.29) is 6.04 Å². The Bertz CT molecular complexity index is 246. The molecule has 0 aromatic heterocycles. The van der Waals surface area contributed by atoms with Crippen molar-refractivity contribution in [2.45, 2.75) is 51.1 Å². The molecule has 0 aromatic rings. The predicted molar refractivity (Wildman–Crippen MR) is 69.2 cm³/mol. The summed E-state index contributed by atoms with van der Waals surface area (Å²) >= 11 is 0. The van der Waals surface area contributed by atoms with E-state index in [2.05, 4.69) is 11.9 Å². The van der Waals surface area contributed by atoms with Crippen LogP contribution in [-0.4, -0.2) is 60.1 Å². The molecule has 1 N–H and O–H groups in total. The summed E-state index contributed by atoms with van der Waals surface area (Å²) in [6.45, 7) is 3.99. The minimum atomic E-state index is -0.702. The summed E-state index contributed by atoms with van der Waals surface area (Å²) in [5, 5.41) is 9.08. The molecule has 1 saturated heterocycles. The summed E-state index contributed by atoms with van der Waals surface area (Å²) in [5.74, 6) is -0.702. The number of aliphatic carboxylic acids is 1. The van der Waals surface area contributed by atoms with E-state index in [1.165, 1.54) is 25.8 Å². The topological polar surface area (TPSA) is 43.8 Å². The van der Waals surface area contributed by atoms with Gasteiger partial charge in [-0.15, -0.1) is 0 Å². The highest BCUT2D eigenvalue weighted by Gasteiger charge is 2.23. The molecule has 0 saturated carbocycles. The molecule has 1 aliphatic heterocycles. The zero-order valence-corrected chi connectivity index (χ0v) is 11.4. The second kappa shape index (κ2) is 6.97. The number of carboxylic acids is 1. The van der Waals surface area contributed by atoms with E-state index in [0.717, 1.165) is 13.0 Å². The van der Waals surface area contributed by atoms with Gasteiger partial charge in [-0.25, -0.2) is 0 Å². The highest BCUT2D eigenvalue weighted by molar-refractivity contribution is 5.73. The SMILES string of the molecule is CC[C@H](C(=O)O)N(C)CC[C@@H]1CCCCN1C. The van der Waals surface area contributed by atoms with Crippen molar-refractivity contribution in [2.75, 3.05) is 27.2 Å². The van der Waals surface area contributed by atoms with Crippen LogP contribution in [0.3, 0.4) is 0 Å². The van der Waals surface area contributed by atoms with Crippen LogP contribution in [-0.2, 0) is 4.79 Å². The monoisotopic (exact) mass is 242 g/mol. The predicted octanol–water partition coefficient (Wildman–Crippen LogP) is 1.66. The van der Waals surface area contributed by atoms with Gasteiger partial charge in [-0.3, -0.25) is 9.69 Å². The van der Waals surface area contributed by atoms with Crippen LogP contribution >= 0.6 is 0 Å². The Hall–Kier alpha value is -0.610. The van der Waals surface area contributed by atoms with Crippen molar-refractivity contribution in [3.05, 3.63) is 0 Å². The van der Waals surface area contributed by atoms with Crippen LogP contribution < -0.4 is 0 Å². The number of hydrogen-bond acceptors (Lipinski definition) is 3. The lowest BCUT2D eigenvalue weighted by atomic mass is 9.99. The van der Waals surface area contributed by atoms with Crippen LogP contribution in [0.1, 0.15) is 39.0 Å². The first-order valence-corrected chi connectivity index (χ1v) is 6.69. The van der Waals surface area contributed by atoms with Gasteiger partial charge in [-0.1, -0.05) is 13.3 Å². The van der Waals surface area contributed by atoms with Gasteiger partial charge in [-0.2, -0.15) is 0 Å². The molecule has 0 aliphatic carbocycles. The van der Waals surface area contributed by atoms with Crippen LogP contribution in [0, 0.1) is 0 Å². The molecule has 17 heavy (non-hydrogen) atoms. The Balaban J connectivity index is 2.35. The number of nitrogens with zero attached hydrogens (tertiary/aromatic N) is 2. The first-order chi connectivity index (χ1) is 8.06. The van der Waals surface area contributed by atoms with Gasteiger partial charge in [0.2, 0.25) is 0 Å². The first-order valence-electron chi connectivity index (χ1n) is 6.69. The largest absolute Gasteiger partial charge is 0.480 e. The highest BCUT2D eigenvalue weighted by atomic mass is 16.4. The molecular formula is C13H26N2O2. The Morgan fingerprint density at radius 2 is 2.24 bits per heavy atom. The molecule has 2 atom stereocenters. The van der Waals surface area contributed by atoms with E-state index in [9.17, 15) is 4.79 Å². The number of carbonyl (C=O) groups is 1. The maximum Gasteiger partial charge on any atom is 0.320 e. The Kier molecular flexibility index (Phi) is 5.92. The fraction of sp³-hybridized carbons (Fsp3) is 0.923. The van der Waals surface area contributed by atoms with Crippen molar-refractivity contribution < 1.29 is 9.90 Å². The number of likely N-dealkylation sites (tertiary alicyclic amines) is 1. The van der Waals surface area contributed by atoms with Crippen molar-refractivity contribution in [2.24, 2.45) is 0 Å². The molecule has 4 nitrogen and oxygen atoms in total. The molecular weight excluding hydrogens is 216 g/mol. The summed E-state index contributed by atoms with van der Waals surface area (Å²) < 4.78 is 0. The van der Waals surface area contributed by atoms with Crippen LogP contribution in [0.5, 0.6) is 0 Å². The molecule has 0 unspecified atom stereocenters. The van der Waals surface area contributed by atoms with Gasteiger partial charge in [0, 0.05) is 12.6 Å². The van der Waals surface area contributed by atoms with Crippen molar-refractivity contribution in [3.8, 4) is 0 Å². The normalized spacial score (nSPS) is 23.9. The van der Waals surface area contributed by atoms with Gasteiger partial charge in [0.05, 0.1) is 0 Å². The third-order valence-electron chi connectivity index (χ3n) is 3.94. The second-order valence-electron chi connectivity index (χ2n) is 5.16. The Morgan fingerprint density at radius 1 is 1.53 bits per heavy atom. The summed E-state index contributed by atoms with van der Waals surface area (Å²) in [6, 6.07) is 0.307. The van der Waals surface area contributed by atoms with Crippen molar-refractivity contribution in [1.29, 1.82) is 0 Å². The number of rotatable bonds is 6.